The lowest BCUT2D eigenvalue weighted by Gasteiger charge is -2.09. The zero-order valence-corrected chi connectivity index (χ0v) is 13.1. The molecule has 104 valence electrons. The van der Waals surface area contributed by atoms with Crippen LogP contribution in [0.1, 0.15) is 24.2 Å². The Bertz CT molecular complexity index is 475. The molecule has 0 aromatic heterocycles. The summed E-state index contributed by atoms with van der Waals surface area (Å²) in [6.07, 6.45) is 0. The number of esters is 1. The van der Waals surface area contributed by atoms with Crippen LogP contribution < -0.4 is 11.1 Å². The van der Waals surface area contributed by atoms with Crippen molar-refractivity contribution in [2.75, 3.05) is 18.9 Å². The summed E-state index contributed by atoms with van der Waals surface area (Å²) in [6.45, 7) is 4.23. The maximum absolute atomic E-state index is 11.8. The minimum Gasteiger partial charge on any atom is -0.452 e. The molecule has 0 aliphatic carbocycles. The topological polar surface area (TPSA) is 81.4 Å². The van der Waals surface area contributed by atoms with E-state index in [4.69, 9.17) is 10.5 Å². The molecular weight excluding hydrogens is 359 g/mol. The van der Waals surface area contributed by atoms with Gasteiger partial charge < -0.3 is 15.8 Å². The van der Waals surface area contributed by atoms with E-state index >= 15 is 0 Å². The molecule has 0 aliphatic rings. The predicted octanol–water partition coefficient (Wildman–Crippen LogP) is 1.80. The van der Waals surface area contributed by atoms with Gasteiger partial charge in [-0.3, -0.25) is 4.79 Å². The summed E-state index contributed by atoms with van der Waals surface area (Å²) in [4.78, 5) is 23.2. The number of nitrogens with one attached hydrogen (secondary N) is 1. The van der Waals surface area contributed by atoms with Crippen molar-refractivity contribution >= 4 is 40.2 Å². The summed E-state index contributed by atoms with van der Waals surface area (Å²) in [5.74, 6) is -0.548. The Kier molecular flexibility index (Phi) is 6.07. The molecule has 0 heterocycles. The summed E-state index contributed by atoms with van der Waals surface area (Å²) in [5, 5.41) is 2.67. The lowest BCUT2D eigenvalue weighted by Crippen LogP contribution is -2.31. The third-order valence-electron chi connectivity index (χ3n) is 2.28. The molecule has 0 unspecified atom stereocenters. The van der Waals surface area contributed by atoms with Crippen LogP contribution in [0.2, 0.25) is 0 Å². The largest absolute Gasteiger partial charge is 0.452 e. The lowest BCUT2D eigenvalue weighted by atomic mass is 10.2. The van der Waals surface area contributed by atoms with Crippen molar-refractivity contribution in [1.29, 1.82) is 0 Å². The molecule has 1 aromatic rings. The minimum atomic E-state index is -0.587. The fraction of sp³-hybridized carbons (Fsp3) is 0.385. The Morgan fingerprint density at radius 3 is 2.74 bits per heavy atom. The number of amides is 1. The quantitative estimate of drug-likeness (QED) is 0.467. The van der Waals surface area contributed by atoms with Gasteiger partial charge in [-0.1, -0.05) is 13.8 Å². The molecule has 0 aliphatic heterocycles. The van der Waals surface area contributed by atoms with Gasteiger partial charge in [0.2, 0.25) is 0 Å². The van der Waals surface area contributed by atoms with Gasteiger partial charge in [-0.25, -0.2) is 4.79 Å². The summed E-state index contributed by atoms with van der Waals surface area (Å²) >= 11 is 2.08. The summed E-state index contributed by atoms with van der Waals surface area (Å²) < 4.78 is 5.80. The molecule has 0 radical (unpaired) electrons. The Morgan fingerprint density at radius 1 is 1.42 bits per heavy atom. The zero-order valence-electron chi connectivity index (χ0n) is 10.9. The number of hydrogen-bond acceptors (Lipinski definition) is 4. The number of rotatable bonds is 5. The molecule has 0 saturated carbocycles. The van der Waals surface area contributed by atoms with Crippen LogP contribution in [0.4, 0.5) is 5.69 Å². The number of ether oxygens (including phenoxy) is 1. The molecule has 19 heavy (non-hydrogen) atoms. The van der Waals surface area contributed by atoms with Gasteiger partial charge in [0.05, 0.1) is 5.56 Å². The summed E-state index contributed by atoms with van der Waals surface area (Å²) in [6, 6.07) is 5.06. The van der Waals surface area contributed by atoms with Gasteiger partial charge in [0, 0.05) is 15.8 Å². The van der Waals surface area contributed by atoms with Gasteiger partial charge in [-0.15, -0.1) is 0 Å². The second kappa shape index (κ2) is 7.32. The van der Waals surface area contributed by atoms with Crippen LogP contribution >= 0.6 is 22.6 Å². The van der Waals surface area contributed by atoms with Crippen LogP contribution in [0.5, 0.6) is 0 Å². The lowest BCUT2D eigenvalue weighted by molar-refractivity contribution is -0.124. The second-order valence-corrected chi connectivity index (χ2v) is 5.75. The fourth-order valence-corrected chi connectivity index (χ4v) is 1.77. The molecule has 1 amide bonds. The first kappa shape index (κ1) is 15.7. The normalized spacial score (nSPS) is 10.3. The van der Waals surface area contributed by atoms with Gasteiger partial charge >= 0.3 is 5.97 Å². The Morgan fingerprint density at radius 2 is 2.11 bits per heavy atom. The van der Waals surface area contributed by atoms with Crippen molar-refractivity contribution in [3.8, 4) is 0 Å². The SMILES string of the molecule is CC(C)CNC(=O)COC(=O)c1cc(I)ccc1N. The van der Waals surface area contributed by atoms with E-state index in [-0.39, 0.29) is 18.1 Å². The van der Waals surface area contributed by atoms with E-state index in [2.05, 4.69) is 27.9 Å². The molecule has 0 fully saturated rings. The van der Waals surface area contributed by atoms with Crippen LogP contribution in [0.15, 0.2) is 18.2 Å². The summed E-state index contributed by atoms with van der Waals surface area (Å²) in [7, 11) is 0. The number of halogens is 1. The maximum Gasteiger partial charge on any atom is 0.340 e. The third kappa shape index (κ3) is 5.46. The Labute approximate surface area is 126 Å². The highest BCUT2D eigenvalue weighted by Gasteiger charge is 2.13. The predicted molar refractivity (Wildman–Crippen MR) is 81.7 cm³/mol. The standard InChI is InChI=1S/C13H17IN2O3/c1-8(2)6-16-12(17)7-19-13(18)10-5-9(14)3-4-11(10)15/h3-5,8H,6-7,15H2,1-2H3,(H,16,17). The molecule has 1 aromatic carbocycles. The van der Waals surface area contributed by atoms with E-state index in [0.29, 0.717) is 18.2 Å². The Hall–Kier alpha value is -1.31. The monoisotopic (exact) mass is 376 g/mol. The number of carbonyl (C=O) groups is 2. The number of nitrogen functional groups attached to an aromatic ring is 1. The van der Waals surface area contributed by atoms with E-state index < -0.39 is 5.97 Å². The zero-order chi connectivity index (χ0) is 14.4. The van der Waals surface area contributed by atoms with E-state index in [1.807, 2.05) is 13.8 Å². The van der Waals surface area contributed by atoms with E-state index in [0.717, 1.165) is 3.57 Å². The van der Waals surface area contributed by atoms with Crippen molar-refractivity contribution < 1.29 is 14.3 Å². The van der Waals surface area contributed by atoms with Crippen LogP contribution in [-0.2, 0) is 9.53 Å². The van der Waals surface area contributed by atoms with Crippen molar-refractivity contribution in [3.05, 3.63) is 27.3 Å². The van der Waals surface area contributed by atoms with E-state index in [1.165, 1.54) is 0 Å². The van der Waals surface area contributed by atoms with E-state index in [1.54, 1.807) is 18.2 Å². The number of anilines is 1. The first-order valence-corrected chi connectivity index (χ1v) is 6.97. The van der Waals surface area contributed by atoms with E-state index in [9.17, 15) is 9.59 Å². The van der Waals surface area contributed by atoms with Crippen LogP contribution in [0.25, 0.3) is 0 Å². The van der Waals surface area contributed by atoms with Crippen molar-refractivity contribution in [1.82, 2.24) is 5.32 Å². The fourth-order valence-electron chi connectivity index (χ4n) is 1.28. The molecule has 0 bridgehead atoms. The molecule has 3 N–H and O–H groups in total. The number of benzene rings is 1. The molecule has 6 heteroatoms. The van der Waals surface area contributed by atoms with Gasteiger partial charge in [0.1, 0.15) is 0 Å². The first-order chi connectivity index (χ1) is 8.90. The molecule has 0 atom stereocenters. The van der Waals surface area contributed by atoms with Crippen LogP contribution in [0, 0.1) is 9.49 Å². The van der Waals surface area contributed by atoms with Crippen molar-refractivity contribution in [3.63, 3.8) is 0 Å². The smallest absolute Gasteiger partial charge is 0.340 e. The average Bonchev–Trinajstić information content (AvgIpc) is 2.36. The van der Waals surface area contributed by atoms with Crippen LogP contribution in [-0.4, -0.2) is 25.0 Å². The second-order valence-electron chi connectivity index (χ2n) is 4.51. The maximum atomic E-state index is 11.8. The van der Waals surface area contributed by atoms with Gasteiger partial charge in [0.15, 0.2) is 6.61 Å². The van der Waals surface area contributed by atoms with Gasteiger partial charge in [0.25, 0.3) is 5.91 Å². The van der Waals surface area contributed by atoms with Gasteiger partial charge in [-0.2, -0.15) is 0 Å². The molecule has 0 spiro atoms. The molecular formula is C13H17IN2O3. The minimum absolute atomic E-state index is 0.281. The average molecular weight is 376 g/mol. The number of nitrogens with two attached hydrogens (primary N) is 1. The molecule has 5 nitrogen and oxygen atoms in total. The van der Waals surface area contributed by atoms with Crippen molar-refractivity contribution in [2.24, 2.45) is 5.92 Å². The van der Waals surface area contributed by atoms with Gasteiger partial charge in [-0.05, 0) is 46.7 Å². The Balaban J connectivity index is 2.51. The first-order valence-electron chi connectivity index (χ1n) is 5.89. The summed E-state index contributed by atoms with van der Waals surface area (Å²) in [5.41, 5.74) is 6.31. The third-order valence-corrected chi connectivity index (χ3v) is 2.95. The molecule has 0 saturated heterocycles. The number of hydrogen-bond donors (Lipinski definition) is 2. The number of carbonyl (C=O) groups excluding carboxylic acids is 2. The highest BCUT2D eigenvalue weighted by molar-refractivity contribution is 14.1. The highest BCUT2D eigenvalue weighted by Crippen LogP contribution is 2.16. The highest BCUT2D eigenvalue weighted by atomic mass is 127. The molecule has 1 rings (SSSR count). The van der Waals surface area contributed by atoms with Crippen LogP contribution in [0.3, 0.4) is 0 Å². The van der Waals surface area contributed by atoms with Crippen molar-refractivity contribution in [2.45, 2.75) is 13.8 Å².